The molecular formula is C18H24FN3O3. The molecule has 136 valence electrons. The quantitative estimate of drug-likeness (QED) is 0.608. The number of likely N-dealkylation sites (tertiary alicyclic amines) is 1. The van der Waals surface area contributed by atoms with E-state index in [9.17, 15) is 14.0 Å². The predicted octanol–water partition coefficient (Wildman–Crippen LogP) is 1.90. The van der Waals surface area contributed by atoms with Crippen molar-refractivity contribution in [3.63, 3.8) is 0 Å². The molecule has 2 aliphatic heterocycles. The number of nitrogens with one attached hydrogen (secondary N) is 2. The number of rotatable bonds is 6. The third-order valence-electron chi connectivity index (χ3n) is 5.10. The minimum absolute atomic E-state index is 0.103. The molecule has 0 unspecified atom stereocenters. The van der Waals surface area contributed by atoms with E-state index < -0.39 is 11.6 Å². The molecule has 2 atom stereocenters. The molecule has 7 heteroatoms. The fraction of sp³-hybridized carbons (Fsp3) is 0.556. The van der Waals surface area contributed by atoms with E-state index in [1.807, 2.05) is 0 Å². The average Bonchev–Trinajstić information content (AvgIpc) is 2.87. The van der Waals surface area contributed by atoms with Gasteiger partial charge in [0, 0.05) is 19.0 Å². The Labute approximate surface area is 146 Å². The lowest BCUT2D eigenvalue weighted by Crippen LogP contribution is -2.55. The fourth-order valence-corrected chi connectivity index (χ4v) is 3.58. The number of benzene rings is 1. The standard InChI is InChI=1S/C18H24FN3O3/c1-18(16(23)20-17(24)21-18)13-4-2-9-22(12-13)10-3-11-25-15-7-5-14(19)6-8-15/h5-8,13H,2-4,9-12H2,1H3,(H2,20,21,23,24)/t13-,18+/m1/s1. The number of nitrogens with zero attached hydrogens (tertiary/aromatic N) is 1. The second-order valence-electron chi connectivity index (χ2n) is 6.91. The largest absolute Gasteiger partial charge is 0.494 e. The first-order valence-corrected chi connectivity index (χ1v) is 8.72. The van der Waals surface area contributed by atoms with Gasteiger partial charge in [-0.15, -0.1) is 0 Å². The summed E-state index contributed by atoms with van der Waals surface area (Å²) in [7, 11) is 0. The molecule has 0 bridgehead atoms. The van der Waals surface area contributed by atoms with Crippen LogP contribution in [0.25, 0.3) is 0 Å². The van der Waals surface area contributed by atoms with Crippen molar-refractivity contribution >= 4 is 11.9 Å². The lowest BCUT2D eigenvalue weighted by atomic mass is 9.80. The van der Waals surface area contributed by atoms with Crippen LogP contribution in [0.3, 0.4) is 0 Å². The van der Waals surface area contributed by atoms with Crippen molar-refractivity contribution in [3.05, 3.63) is 30.1 Å². The number of halogens is 1. The second kappa shape index (κ2) is 7.39. The Balaban J connectivity index is 1.45. The molecule has 0 aliphatic carbocycles. The molecule has 1 aromatic rings. The van der Waals surface area contributed by atoms with Crippen LogP contribution in [0.2, 0.25) is 0 Å². The molecule has 3 rings (SSSR count). The average molecular weight is 349 g/mol. The number of amides is 3. The summed E-state index contributed by atoms with van der Waals surface area (Å²) < 4.78 is 18.5. The van der Waals surface area contributed by atoms with E-state index in [1.54, 1.807) is 19.1 Å². The van der Waals surface area contributed by atoms with Gasteiger partial charge < -0.3 is 15.0 Å². The molecule has 25 heavy (non-hydrogen) atoms. The van der Waals surface area contributed by atoms with Gasteiger partial charge in [0.05, 0.1) is 6.61 Å². The summed E-state index contributed by atoms with van der Waals surface area (Å²) in [4.78, 5) is 25.9. The Hall–Kier alpha value is -2.15. The van der Waals surface area contributed by atoms with Crippen LogP contribution in [0.5, 0.6) is 5.75 Å². The van der Waals surface area contributed by atoms with E-state index >= 15 is 0 Å². The number of imide groups is 1. The minimum Gasteiger partial charge on any atom is -0.494 e. The Kier molecular flexibility index (Phi) is 5.22. The molecule has 2 heterocycles. The van der Waals surface area contributed by atoms with Gasteiger partial charge in [0.25, 0.3) is 5.91 Å². The molecule has 0 saturated carbocycles. The Morgan fingerprint density at radius 2 is 2.08 bits per heavy atom. The van der Waals surface area contributed by atoms with Gasteiger partial charge in [-0.3, -0.25) is 10.1 Å². The third-order valence-corrected chi connectivity index (χ3v) is 5.10. The summed E-state index contributed by atoms with van der Waals surface area (Å²) in [5.74, 6) is 0.258. The van der Waals surface area contributed by atoms with Crippen LogP contribution in [-0.4, -0.2) is 48.6 Å². The maximum Gasteiger partial charge on any atom is 0.322 e. The van der Waals surface area contributed by atoms with E-state index in [2.05, 4.69) is 15.5 Å². The first-order chi connectivity index (χ1) is 12.0. The fourth-order valence-electron chi connectivity index (χ4n) is 3.58. The van der Waals surface area contributed by atoms with Crippen molar-refractivity contribution in [2.45, 2.75) is 31.7 Å². The van der Waals surface area contributed by atoms with Crippen LogP contribution in [0.1, 0.15) is 26.2 Å². The summed E-state index contributed by atoms with van der Waals surface area (Å²) in [5.41, 5.74) is -0.819. The first kappa shape index (κ1) is 17.7. The second-order valence-corrected chi connectivity index (χ2v) is 6.91. The summed E-state index contributed by atoms with van der Waals surface area (Å²) in [6, 6.07) is 5.60. The van der Waals surface area contributed by atoms with Crippen LogP contribution in [-0.2, 0) is 4.79 Å². The maximum absolute atomic E-state index is 12.8. The molecule has 1 aromatic carbocycles. The molecule has 2 saturated heterocycles. The van der Waals surface area contributed by atoms with Gasteiger partial charge in [-0.2, -0.15) is 0 Å². The molecule has 0 radical (unpaired) electrons. The first-order valence-electron chi connectivity index (χ1n) is 8.72. The number of hydrogen-bond acceptors (Lipinski definition) is 4. The highest BCUT2D eigenvalue weighted by atomic mass is 19.1. The van der Waals surface area contributed by atoms with Gasteiger partial charge in [-0.1, -0.05) is 0 Å². The highest BCUT2D eigenvalue weighted by molar-refractivity contribution is 6.06. The zero-order chi connectivity index (χ0) is 17.9. The van der Waals surface area contributed by atoms with Crippen molar-refractivity contribution in [1.82, 2.24) is 15.5 Å². The van der Waals surface area contributed by atoms with E-state index in [0.717, 1.165) is 38.9 Å². The summed E-state index contributed by atoms with van der Waals surface area (Å²) in [6.07, 6.45) is 2.77. The number of ether oxygens (including phenoxy) is 1. The van der Waals surface area contributed by atoms with E-state index in [4.69, 9.17) is 4.74 Å². The Morgan fingerprint density at radius 1 is 1.32 bits per heavy atom. The van der Waals surface area contributed by atoms with Crippen molar-refractivity contribution in [3.8, 4) is 5.75 Å². The van der Waals surface area contributed by atoms with Crippen LogP contribution >= 0.6 is 0 Å². The molecule has 2 aliphatic rings. The van der Waals surface area contributed by atoms with E-state index in [1.165, 1.54) is 12.1 Å². The lowest BCUT2D eigenvalue weighted by molar-refractivity contribution is -0.126. The van der Waals surface area contributed by atoms with Crippen LogP contribution in [0, 0.1) is 11.7 Å². The van der Waals surface area contributed by atoms with Gasteiger partial charge in [0.15, 0.2) is 0 Å². The monoisotopic (exact) mass is 349 g/mol. The van der Waals surface area contributed by atoms with Crippen molar-refractivity contribution in [2.24, 2.45) is 5.92 Å². The third kappa shape index (κ3) is 4.10. The van der Waals surface area contributed by atoms with Gasteiger partial charge in [-0.25, -0.2) is 9.18 Å². The minimum atomic E-state index is -0.819. The lowest BCUT2D eigenvalue weighted by Gasteiger charge is -2.39. The van der Waals surface area contributed by atoms with Gasteiger partial charge in [0.2, 0.25) is 0 Å². The normalized spacial score (nSPS) is 27.0. The number of piperidine rings is 1. The molecule has 2 N–H and O–H groups in total. The molecular weight excluding hydrogens is 325 g/mol. The van der Waals surface area contributed by atoms with Gasteiger partial charge in [-0.05, 0) is 57.0 Å². The van der Waals surface area contributed by atoms with Gasteiger partial charge >= 0.3 is 6.03 Å². The Bertz CT molecular complexity index is 637. The topological polar surface area (TPSA) is 70.7 Å². The molecule has 0 aromatic heterocycles. The van der Waals surface area contributed by atoms with Crippen LogP contribution < -0.4 is 15.4 Å². The smallest absolute Gasteiger partial charge is 0.322 e. The summed E-state index contributed by atoms with van der Waals surface area (Å²) in [6.45, 7) is 4.99. The zero-order valence-electron chi connectivity index (χ0n) is 14.4. The van der Waals surface area contributed by atoms with Crippen LogP contribution in [0.4, 0.5) is 9.18 Å². The molecule has 3 amide bonds. The van der Waals surface area contributed by atoms with Gasteiger partial charge in [0.1, 0.15) is 17.1 Å². The van der Waals surface area contributed by atoms with E-state index in [0.29, 0.717) is 12.4 Å². The van der Waals surface area contributed by atoms with E-state index in [-0.39, 0.29) is 17.6 Å². The number of hydrogen-bond donors (Lipinski definition) is 2. The SMILES string of the molecule is C[C@@]1([C@@H]2CCCN(CCCOc3ccc(F)cc3)C2)NC(=O)NC1=O. The summed E-state index contributed by atoms with van der Waals surface area (Å²) >= 11 is 0. The highest BCUT2D eigenvalue weighted by Gasteiger charge is 2.48. The molecule has 0 spiro atoms. The maximum atomic E-state index is 12.8. The Morgan fingerprint density at radius 3 is 2.76 bits per heavy atom. The number of carbonyl (C=O) groups is 2. The zero-order valence-corrected chi connectivity index (χ0v) is 14.4. The predicted molar refractivity (Wildman–Crippen MR) is 90.8 cm³/mol. The summed E-state index contributed by atoms with van der Waals surface area (Å²) in [5, 5.41) is 5.12. The molecule has 6 nitrogen and oxygen atoms in total. The molecule has 2 fully saturated rings. The van der Waals surface area contributed by atoms with Crippen molar-refractivity contribution < 1.29 is 18.7 Å². The number of urea groups is 1. The van der Waals surface area contributed by atoms with Crippen molar-refractivity contribution in [2.75, 3.05) is 26.2 Å². The highest BCUT2D eigenvalue weighted by Crippen LogP contribution is 2.29. The van der Waals surface area contributed by atoms with Crippen LogP contribution in [0.15, 0.2) is 24.3 Å². The van der Waals surface area contributed by atoms with Crippen molar-refractivity contribution in [1.29, 1.82) is 0 Å². The number of carbonyl (C=O) groups excluding carboxylic acids is 2.